The molecule has 0 saturated heterocycles. The summed E-state index contributed by atoms with van der Waals surface area (Å²) in [6.45, 7) is 1.88. The zero-order valence-electron chi connectivity index (χ0n) is 16.0. The summed E-state index contributed by atoms with van der Waals surface area (Å²) in [6.07, 6.45) is 3.11. The van der Waals surface area contributed by atoms with Crippen molar-refractivity contribution in [3.63, 3.8) is 0 Å². The number of fused-ring (bicyclic) bond motifs is 1. The number of nitrogens with one attached hydrogen (secondary N) is 1. The zero-order valence-corrected chi connectivity index (χ0v) is 16.8. The van der Waals surface area contributed by atoms with E-state index in [1.807, 2.05) is 37.3 Å². The lowest BCUT2D eigenvalue weighted by Crippen LogP contribution is -2.26. The van der Waals surface area contributed by atoms with Crippen molar-refractivity contribution in [3.05, 3.63) is 83.9 Å². The number of hydrogen-bond acceptors (Lipinski definition) is 6. The monoisotopic (exact) mass is 415 g/mol. The zero-order chi connectivity index (χ0) is 20.5. The minimum absolute atomic E-state index is 0.199. The van der Waals surface area contributed by atoms with Crippen molar-refractivity contribution >= 4 is 27.3 Å². The van der Waals surface area contributed by atoms with Gasteiger partial charge in [0.05, 0.1) is 18.0 Å². The van der Waals surface area contributed by atoms with Gasteiger partial charge >= 0.3 is 0 Å². The smallest absolute Gasteiger partial charge is 0.251 e. The fourth-order valence-electron chi connectivity index (χ4n) is 3.40. The molecule has 3 aromatic heterocycles. The van der Waals surface area contributed by atoms with Crippen LogP contribution in [-0.4, -0.2) is 26.1 Å². The van der Waals surface area contributed by atoms with Crippen LogP contribution in [0.4, 0.5) is 0 Å². The van der Waals surface area contributed by atoms with Crippen molar-refractivity contribution in [3.8, 4) is 16.8 Å². The lowest BCUT2D eigenvalue weighted by atomic mass is 10.0. The Balaban J connectivity index is 1.58. The molecule has 0 bridgehead atoms. The van der Waals surface area contributed by atoms with E-state index in [1.54, 1.807) is 34.4 Å². The predicted octanol–water partition coefficient (Wildman–Crippen LogP) is 4.63. The third-order valence-electron chi connectivity index (χ3n) is 4.90. The molecule has 0 saturated carbocycles. The Kier molecular flexibility index (Phi) is 4.61. The molecule has 0 aliphatic rings. The SMILES string of the molecule is CC(NC(=O)c1cc(-c2csc3ccccc23)cc(-n2cnnn2)c1)c1ccco1. The summed E-state index contributed by atoms with van der Waals surface area (Å²) < 4.78 is 8.14. The lowest BCUT2D eigenvalue weighted by molar-refractivity contribution is 0.0935. The van der Waals surface area contributed by atoms with Crippen molar-refractivity contribution in [2.24, 2.45) is 0 Å². The number of hydrogen-bond donors (Lipinski definition) is 1. The van der Waals surface area contributed by atoms with Gasteiger partial charge in [0, 0.05) is 21.2 Å². The summed E-state index contributed by atoms with van der Waals surface area (Å²) >= 11 is 1.68. The van der Waals surface area contributed by atoms with E-state index in [-0.39, 0.29) is 11.9 Å². The van der Waals surface area contributed by atoms with Gasteiger partial charge in [-0.2, -0.15) is 0 Å². The molecular weight excluding hydrogens is 398 g/mol. The third kappa shape index (κ3) is 3.37. The van der Waals surface area contributed by atoms with Crippen LogP contribution >= 0.6 is 11.3 Å². The first kappa shape index (κ1) is 18.3. The summed E-state index contributed by atoms with van der Waals surface area (Å²) in [4.78, 5) is 13.0. The lowest BCUT2D eigenvalue weighted by Gasteiger charge is -2.13. The molecule has 5 rings (SSSR count). The van der Waals surface area contributed by atoms with Crippen molar-refractivity contribution in [2.45, 2.75) is 13.0 Å². The van der Waals surface area contributed by atoms with Gasteiger partial charge < -0.3 is 9.73 Å². The molecular formula is C22H17N5O2S. The van der Waals surface area contributed by atoms with E-state index in [4.69, 9.17) is 4.42 Å². The highest BCUT2D eigenvalue weighted by Crippen LogP contribution is 2.35. The number of carbonyl (C=O) groups excluding carboxylic acids is 1. The maximum absolute atomic E-state index is 13.0. The van der Waals surface area contributed by atoms with Crippen molar-refractivity contribution in [2.75, 3.05) is 0 Å². The Labute approximate surface area is 176 Å². The standard InChI is InChI=1S/C22H17N5O2S/c1-14(20-6-4-8-29-20)24-22(28)16-9-15(10-17(11-16)27-13-23-25-26-27)19-12-30-21-7-3-2-5-18(19)21/h2-14H,1H3,(H,24,28). The Bertz CT molecular complexity index is 1310. The highest BCUT2D eigenvalue weighted by atomic mass is 32.1. The van der Waals surface area contributed by atoms with Crippen LogP contribution in [0.5, 0.6) is 0 Å². The van der Waals surface area contributed by atoms with Crippen LogP contribution in [0.1, 0.15) is 29.1 Å². The summed E-state index contributed by atoms with van der Waals surface area (Å²) in [6, 6.07) is 17.3. The van der Waals surface area contributed by atoms with Crippen LogP contribution in [0.25, 0.3) is 26.9 Å². The summed E-state index contributed by atoms with van der Waals surface area (Å²) in [7, 11) is 0. The van der Waals surface area contributed by atoms with Crippen LogP contribution in [-0.2, 0) is 0 Å². The van der Waals surface area contributed by atoms with E-state index in [2.05, 4.69) is 38.4 Å². The second-order valence-corrected chi connectivity index (χ2v) is 7.79. The number of tetrazole rings is 1. The second kappa shape index (κ2) is 7.57. The van der Waals surface area contributed by atoms with Gasteiger partial charge in [0.15, 0.2) is 0 Å². The Hall–Kier alpha value is -3.78. The molecule has 148 valence electrons. The van der Waals surface area contributed by atoms with Crippen LogP contribution in [0.2, 0.25) is 0 Å². The van der Waals surface area contributed by atoms with Gasteiger partial charge in [-0.15, -0.1) is 16.4 Å². The molecule has 1 atom stereocenters. The van der Waals surface area contributed by atoms with Crippen molar-refractivity contribution < 1.29 is 9.21 Å². The van der Waals surface area contributed by atoms with E-state index in [0.29, 0.717) is 17.0 Å². The minimum Gasteiger partial charge on any atom is -0.467 e. The molecule has 3 heterocycles. The predicted molar refractivity (Wildman–Crippen MR) is 115 cm³/mol. The van der Waals surface area contributed by atoms with Gasteiger partial charge in [-0.3, -0.25) is 4.79 Å². The molecule has 30 heavy (non-hydrogen) atoms. The van der Waals surface area contributed by atoms with Gasteiger partial charge in [-0.05, 0) is 64.7 Å². The Morgan fingerprint density at radius 3 is 2.87 bits per heavy atom. The van der Waals surface area contributed by atoms with E-state index in [1.165, 1.54) is 11.0 Å². The van der Waals surface area contributed by atoms with Crippen LogP contribution in [0, 0.1) is 0 Å². The van der Waals surface area contributed by atoms with E-state index < -0.39 is 0 Å². The average Bonchev–Trinajstić information content (AvgIpc) is 3.55. The fourth-order valence-corrected chi connectivity index (χ4v) is 4.37. The maximum atomic E-state index is 13.0. The van der Waals surface area contributed by atoms with Gasteiger partial charge in [0.1, 0.15) is 12.1 Å². The molecule has 0 aliphatic carbocycles. The second-order valence-electron chi connectivity index (χ2n) is 6.88. The van der Waals surface area contributed by atoms with Gasteiger partial charge in [-0.25, -0.2) is 4.68 Å². The molecule has 1 N–H and O–H groups in total. The molecule has 7 nitrogen and oxygen atoms in total. The summed E-state index contributed by atoms with van der Waals surface area (Å²) in [5.41, 5.74) is 3.23. The van der Waals surface area contributed by atoms with Gasteiger partial charge in [-0.1, -0.05) is 18.2 Å². The molecule has 1 unspecified atom stereocenters. The quantitative estimate of drug-likeness (QED) is 0.452. The molecule has 8 heteroatoms. The van der Waals surface area contributed by atoms with Gasteiger partial charge in [0.2, 0.25) is 0 Å². The van der Waals surface area contributed by atoms with Crippen LogP contribution in [0.3, 0.4) is 0 Å². The molecule has 5 aromatic rings. The average molecular weight is 415 g/mol. The van der Waals surface area contributed by atoms with Crippen molar-refractivity contribution in [1.29, 1.82) is 0 Å². The number of furan rings is 1. The Morgan fingerprint density at radius 1 is 1.17 bits per heavy atom. The topological polar surface area (TPSA) is 85.8 Å². The van der Waals surface area contributed by atoms with Gasteiger partial charge in [0.25, 0.3) is 5.91 Å². The van der Waals surface area contributed by atoms with Crippen molar-refractivity contribution in [1.82, 2.24) is 25.5 Å². The normalized spacial score (nSPS) is 12.2. The molecule has 0 aliphatic heterocycles. The van der Waals surface area contributed by atoms with E-state index in [9.17, 15) is 4.79 Å². The summed E-state index contributed by atoms with van der Waals surface area (Å²) in [5.74, 6) is 0.499. The van der Waals surface area contributed by atoms with E-state index in [0.717, 1.165) is 16.5 Å². The number of thiophene rings is 1. The number of carbonyl (C=O) groups is 1. The highest BCUT2D eigenvalue weighted by molar-refractivity contribution is 7.17. The maximum Gasteiger partial charge on any atom is 0.251 e. The highest BCUT2D eigenvalue weighted by Gasteiger charge is 2.17. The van der Waals surface area contributed by atoms with Crippen LogP contribution < -0.4 is 5.32 Å². The largest absolute Gasteiger partial charge is 0.467 e. The number of aromatic nitrogens is 4. The molecule has 0 spiro atoms. The first-order valence-corrected chi connectivity index (χ1v) is 10.3. The first-order valence-electron chi connectivity index (χ1n) is 9.38. The molecule has 2 aromatic carbocycles. The first-order chi connectivity index (χ1) is 14.7. The third-order valence-corrected chi connectivity index (χ3v) is 5.87. The Morgan fingerprint density at radius 2 is 2.07 bits per heavy atom. The molecule has 1 amide bonds. The summed E-state index contributed by atoms with van der Waals surface area (Å²) in [5, 5.41) is 17.7. The fraction of sp³-hybridized carbons (Fsp3) is 0.0909. The molecule has 0 fully saturated rings. The number of benzene rings is 2. The number of nitrogens with zero attached hydrogens (tertiary/aromatic N) is 4. The van der Waals surface area contributed by atoms with Crippen LogP contribution in [0.15, 0.2) is 77.0 Å². The number of amides is 1. The minimum atomic E-state index is -0.255. The number of rotatable bonds is 5. The van der Waals surface area contributed by atoms with E-state index >= 15 is 0 Å². The molecule has 0 radical (unpaired) electrons.